The summed E-state index contributed by atoms with van der Waals surface area (Å²) in [6.45, 7) is 4.35. The largest absolute Gasteiger partial charge is 0.341 e. The number of halogens is 1. The summed E-state index contributed by atoms with van der Waals surface area (Å²) in [5.41, 5.74) is 2.67. The summed E-state index contributed by atoms with van der Waals surface area (Å²) in [5.74, 6) is 0.752. The van der Waals surface area contributed by atoms with Gasteiger partial charge in [0.25, 0.3) is 5.56 Å². The van der Waals surface area contributed by atoms with E-state index in [9.17, 15) is 9.59 Å². The van der Waals surface area contributed by atoms with E-state index in [1.165, 1.54) is 14.7 Å². The Balaban J connectivity index is 1.61. The molecule has 1 aliphatic rings. The van der Waals surface area contributed by atoms with Crippen molar-refractivity contribution < 1.29 is 0 Å². The van der Waals surface area contributed by atoms with Crippen molar-refractivity contribution in [3.8, 4) is 0 Å². The molecule has 0 saturated carbocycles. The summed E-state index contributed by atoms with van der Waals surface area (Å²) in [6.07, 6.45) is 2.51. The van der Waals surface area contributed by atoms with Crippen LogP contribution in [-0.2, 0) is 26.6 Å². The van der Waals surface area contributed by atoms with Gasteiger partial charge in [-0.1, -0.05) is 48.5 Å². The molecule has 9 heteroatoms. The van der Waals surface area contributed by atoms with Crippen LogP contribution < -0.4 is 21.5 Å². The van der Waals surface area contributed by atoms with Gasteiger partial charge in [0.05, 0.1) is 6.54 Å². The van der Waals surface area contributed by atoms with Crippen molar-refractivity contribution in [1.82, 2.24) is 24.0 Å². The van der Waals surface area contributed by atoms with Gasteiger partial charge in [0.1, 0.15) is 0 Å². The van der Waals surface area contributed by atoms with Crippen LogP contribution in [0.3, 0.4) is 0 Å². The van der Waals surface area contributed by atoms with E-state index in [4.69, 9.17) is 4.98 Å². The average molecular weight is 598 g/mol. The third-order valence-electron chi connectivity index (χ3n) is 6.81. The second-order valence-electron chi connectivity index (χ2n) is 9.24. The van der Waals surface area contributed by atoms with Crippen molar-refractivity contribution in [3.05, 3.63) is 90.1 Å². The van der Waals surface area contributed by atoms with E-state index >= 15 is 0 Å². The first kappa shape index (κ1) is 24.8. The van der Waals surface area contributed by atoms with Gasteiger partial charge in [-0.05, 0) is 65.6 Å². The number of fused-ring (bicyclic) bond motifs is 1. The Bertz CT molecular complexity index is 1470. The molecule has 2 aromatic heterocycles. The maximum Gasteiger partial charge on any atom is 0.332 e. The molecule has 0 atom stereocenters. The molecule has 0 unspecified atom stereocenters. The minimum atomic E-state index is -0.316. The van der Waals surface area contributed by atoms with Crippen molar-refractivity contribution in [2.75, 3.05) is 31.1 Å². The number of imidazole rings is 1. The van der Waals surface area contributed by atoms with E-state index in [1.54, 1.807) is 7.05 Å². The Morgan fingerprint density at radius 1 is 0.972 bits per heavy atom. The topological polar surface area (TPSA) is 77.1 Å². The molecule has 8 nitrogen and oxygen atoms in total. The molecule has 5 rings (SSSR count). The fraction of sp³-hybridized carbons (Fsp3) is 0.370. The number of nitrogens with one attached hydrogen (secondary N) is 1. The lowest BCUT2D eigenvalue weighted by molar-refractivity contribution is 0.571. The lowest BCUT2D eigenvalue weighted by Gasteiger charge is -2.22. The fourth-order valence-corrected chi connectivity index (χ4v) is 5.44. The Morgan fingerprint density at radius 2 is 1.75 bits per heavy atom. The van der Waals surface area contributed by atoms with E-state index < -0.39 is 0 Å². The predicted molar refractivity (Wildman–Crippen MR) is 152 cm³/mol. The van der Waals surface area contributed by atoms with Crippen molar-refractivity contribution in [2.45, 2.75) is 32.4 Å². The Kier molecular flexibility index (Phi) is 7.56. The molecular formula is C27H31IN6O2. The lowest BCUT2D eigenvalue weighted by atomic mass is 10.1. The number of nitrogens with zero attached hydrogens (tertiary/aromatic N) is 5. The number of rotatable bonds is 7. The van der Waals surface area contributed by atoms with E-state index in [0.717, 1.165) is 54.1 Å². The van der Waals surface area contributed by atoms with Crippen LogP contribution in [0.2, 0.25) is 0 Å². The highest BCUT2D eigenvalue weighted by Crippen LogP contribution is 2.24. The van der Waals surface area contributed by atoms with Gasteiger partial charge >= 0.3 is 5.69 Å². The van der Waals surface area contributed by atoms with Crippen LogP contribution in [0.15, 0.2) is 64.2 Å². The highest BCUT2D eigenvalue weighted by Gasteiger charge is 2.24. The summed E-state index contributed by atoms with van der Waals surface area (Å²) in [5, 5.41) is 3.44. The van der Waals surface area contributed by atoms with Crippen LogP contribution in [0, 0.1) is 3.57 Å². The highest BCUT2D eigenvalue weighted by atomic mass is 127. The molecule has 0 aliphatic carbocycles. The van der Waals surface area contributed by atoms with Crippen molar-refractivity contribution in [2.24, 2.45) is 7.05 Å². The van der Waals surface area contributed by atoms with E-state index in [-0.39, 0.29) is 11.2 Å². The molecule has 1 aliphatic heterocycles. The minimum absolute atomic E-state index is 0.265. The zero-order valence-electron chi connectivity index (χ0n) is 20.5. The van der Waals surface area contributed by atoms with Gasteiger partial charge in [-0.15, -0.1) is 0 Å². The summed E-state index contributed by atoms with van der Waals surface area (Å²) >= 11 is 2.34. The average Bonchev–Trinajstić information content (AvgIpc) is 3.06. The monoisotopic (exact) mass is 598 g/mol. The second-order valence-corrected chi connectivity index (χ2v) is 10.4. The van der Waals surface area contributed by atoms with Gasteiger partial charge in [0.2, 0.25) is 5.95 Å². The third-order valence-corrected chi connectivity index (χ3v) is 7.86. The van der Waals surface area contributed by atoms with Crippen molar-refractivity contribution in [1.29, 1.82) is 0 Å². The molecule has 2 aromatic carbocycles. The van der Waals surface area contributed by atoms with Crippen LogP contribution >= 0.6 is 22.6 Å². The van der Waals surface area contributed by atoms with Gasteiger partial charge in [0.15, 0.2) is 11.2 Å². The number of anilines is 1. The van der Waals surface area contributed by atoms with Crippen LogP contribution in [0.25, 0.3) is 11.2 Å². The molecule has 1 saturated heterocycles. The molecule has 0 bridgehead atoms. The molecule has 0 amide bonds. The van der Waals surface area contributed by atoms with Crippen molar-refractivity contribution in [3.63, 3.8) is 0 Å². The normalized spacial score (nSPS) is 14.3. The Labute approximate surface area is 223 Å². The van der Waals surface area contributed by atoms with E-state index in [1.807, 2.05) is 34.9 Å². The van der Waals surface area contributed by atoms with Crippen LogP contribution in [0.4, 0.5) is 5.95 Å². The van der Waals surface area contributed by atoms with E-state index in [2.05, 4.69) is 57.1 Å². The zero-order valence-corrected chi connectivity index (χ0v) is 22.6. The van der Waals surface area contributed by atoms with Crippen molar-refractivity contribution >= 4 is 39.7 Å². The molecule has 188 valence electrons. The Hall–Kier alpha value is -2.92. The minimum Gasteiger partial charge on any atom is -0.341 e. The smallest absolute Gasteiger partial charge is 0.332 e. The lowest BCUT2D eigenvalue weighted by Crippen LogP contribution is -2.40. The van der Waals surface area contributed by atoms with Gasteiger partial charge < -0.3 is 10.2 Å². The SMILES string of the molecule is Cn1c(=O)n(CCCc2ccccc2)c(=O)c2c1nc(N1CCCNCC1)n2Cc1ccccc1I. The molecule has 1 N–H and O–H groups in total. The van der Waals surface area contributed by atoms with Crippen LogP contribution in [0.5, 0.6) is 0 Å². The molecule has 3 heterocycles. The summed E-state index contributed by atoms with van der Waals surface area (Å²) in [7, 11) is 1.72. The highest BCUT2D eigenvalue weighted by molar-refractivity contribution is 14.1. The fourth-order valence-electron chi connectivity index (χ4n) is 4.88. The van der Waals surface area contributed by atoms with E-state index in [0.29, 0.717) is 30.7 Å². The number of aryl methyl sites for hydroxylation is 2. The van der Waals surface area contributed by atoms with Crippen LogP contribution in [0.1, 0.15) is 24.0 Å². The molecule has 1 fully saturated rings. The second kappa shape index (κ2) is 11.0. The first-order valence-corrected chi connectivity index (χ1v) is 13.6. The number of benzene rings is 2. The van der Waals surface area contributed by atoms with Gasteiger partial charge in [-0.25, -0.2) is 4.79 Å². The van der Waals surface area contributed by atoms with Gasteiger partial charge in [-0.2, -0.15) is 4.98 Å². The van der Waals surface area contributed by atoms with Crippen LogP contribution in [-0.4, -0.2) is 44.9 Å². The molecule has 0 radical (unpaired) electrons. The number of hydrogen-bond acceptors (Lipinski definition) is 5. The molecule has 36 heavy (non-hydrogen) atoms. The molecular weight excluding hydrogens is 567 g/mol. The first-order chi connectivity index (χ1) is 17.5. The Morgan fingerprint density at radius 3 is 2.56 bits per heavy atom. The summed E-state index contributed by atoms with van der Waals surface area (Å²) in [4.78, 5) is 34.3. The van der Waals surface area contributed by atoms with Gasteiger partial charge in [0, 0.05) is 36.8 Å². The zero-order chi connectivity index (χ0) is 25.1. The summed E-state index contributed by atoms with van der Waals surface area (Å²) in [6, 6.07) is 18.3. The standard InChI is InChI=1S/C27H31IN6O2/c1-31-24-23(25(35)33(27(31)36)17-7-11-20-9-3-2-4-10-20)34(19-21-12-5-6-13-22(21)28)26(30-24)32-16-8-14-29-15-18-32/h2-6,9-10,12-13,29H,7-8,11,14-19H2,1H3. The predicted octanol–water partition coefficient (Wildman–Crippen LogP) is 2.98. The number of aromatic nitrogens is 4. The molecule has 4 aromatic rings. The quantitative estimate of drug-likeness (QED) is 0.331. The maximum absolute atomic E-state index is 13.9. The number of hydrogen-bond donors (Lipinski definition) is 1. The molecule has 0 spiro atoms. The maximum atomic E-state index is 13.9. The third kappa shape index (κ3) is 4.99. The first-order valence-electron chi connectivity index (χ1n) is 12.5. The van der Waals surface area contributed by atoms with Gasteiger partial charge in [-0.3, -0.25) is 18.5 Å². The summed E-state index contributed by atoms with van der Waals surface area (Å²) < 4.78 is 6.07.